The summed E-state index contributed by atoms with van der Waals surface area (Å²) in [5.74, 6) is 0.770. The maximum Gasteiger partial charge on any atom is 0.416 e. The molecule has 0 aliphatic carbocycles. The number of pyridine rings is 1. The van der Waals surface area contributed by atoms with E-state index in [1.807, 2.05) is 13.8 Å². The maximum atomic E-state index is 12.9. The van der Waals surface area contributed by atoms with Gasteiger partial charge in [0.1, 0.15) is 0 Å². The fourth-order valence-electron chi connectivity index (χ4n) is 2.63. The Labute approximate surface area is 168 Å². The van der Waals surface area contributed by atoms with Gasteiger partial charge in [-0.2, -0.15) is 13.2 Å². The predicted octanol–water partition coefficient (Wildman–Crippen LogP) is 5.07. The van der Waals surface area contributed by atoms with E-state index in [4.69, 9.17) is 0 Å². The van der Waals surface area contributed by atoms with E-state index in [1.165, 1.54) is 0 Å². The molecular weight excluding hydrogens is 407 g/mol. The number of aromatic nitrogens is 4. The fourth-order valence-corrected chi connectivity index (χ4v) is 3.55. The summed E-state index contributed by atoms with van der Waals surface area (Å²) in [6, 6.07) is 5.97. The minimum absolute atomic E-state index is 0.0571. The fraction of sp³-hybridized carbons (Fsp3) is 0.278. The Morgan fingerprint density at radius 1 is 1.17 bits per heavy atom. The summed E-state index contributed by atoms with van der Waals surface area (Å²) in [4.78, 5) is 14.5. The molecule has 0 aliphatic rings. The zero-order chi connectivity index (χ0) is 21.2. The molecule has 0 radical (unpaired) electrons. The normalized spacial score (nSPS) is 11.8. The van der Waals surface area contributed by atoms with Gasteiger partial charge in [-0.25, -0.2) is 0 Å². The highest BCUT2D eigenvalue weighted by atomic mass is 32.2. The molecule has 0 spiro atoms. The number of nitro groups is 1. The van der Waals surface area contributed by atoms with E-state index in [1.54, 1.807) is 29.1 Å². The summed E-state index contributed by atoms with van der Waals surface area (Å²) < 4.78 is 40.6. The second-order valence-corrected chi connectivity index (χ2v) is 7.60. The summed E-state index contributed by atoms with van der Waals surface area (Å²) >= 11 is 0.911. The number of nitrogens with zero attached hydrogens (tertiary/aromatic N) is 5. The quantitative estimate of drug-likeness (QED) is 0.406. The van der Waals surface area contributed by atoms with Crippen molar-refractivity contribution in [2.24, 2.45) is 5.92 Å². The zero-order valence-electron chi connectivity index (χ0n) is 15.4. The summed E-state index contributed by atoms with van der Waals surface area (Å²) in [5, 5.41) is 20.0. The highest BCUT2D eigenvalue weighted by molar-refractivity contribution is 7.99. The third-order valence-corrected chi connectivity index (χ3v) is 4.94. The molecule has 0 atom stereocenters. The lowest BCUT2D eigenvalue weighted by atomic mass is 10.2. The molecule has 7 nitrogen and oxygen atoms in total. The maximum absolute atomic E-state index is 12.9. The van der Waals surface area contributed by atoms with Crippen LogP contribution in [-0.4, -0.2) is 24.7 Å². The number of nitro benzene ring substituents is 1. The Balaban J connectivity index is 2.04. The van der Waals surface area contributed by atoms with Crippen LogP contribution in [0.5, 0.6) is 0 Å². The molecule has 0 N–H and O–H groups in total. The van der Waals surface area contributed by atoms with Crippen LogP contribution in [0.1, 0.15) is 19.4 Å². The highest BCUT2D eigenvalue weighted by Crippen LogP contribution is 2.39. The molecule has 29 heavy (non-hydrogen) atoms. The average molecular weight is 423 g/mol. The van der Waals surface area contributed by atoms with Crippen molar-refractivity contribution < 1.29 is 18.1 Å². The van der Waals surface area contributed by atoms with E-state index < -0.39 is 22.4 Å². The van der Waals surface area contributed by atoms with Gasteiger partial charge in [0.15, 0.2) is 11.0 Å². The van der Waals surface area contributed by atoms with Crippen LogP contribution in [0.25, 0.3) is 11.4 Å². The number of hydrogen-bond donors (Lipinski definition) is 0. The van der Waals surface area contributed by atoms with Gasteiger partial charge < -0.3 is 4.57 Å². The van der Waals surface area contributed by atoms with Crippen molar-refractivity contribution in [3.8, 4) is 11.4 Å². The number of halogens is 3. The zero-order valence-corrected chi connectivity index (χ0v) is 16.2. The van der Waals surface area contributed by atoms with Crippen molar-refractivity contribution in [3.05, 3.63) is 58.4 Å². The molecule has 2 aromatic heterocycles. The third-order valence-electron chi connectivity index (χ3n) is 3.89. The summed E-state index contributed by atoms with van der Waals surface area (Å²) in [6.07, 6.45) is -1.45. The van der Waals surface area contributed by atoms with Crippen molar-refractivity contribution >= 4 is 17.4 Å². The van der Waals surface area contributed by atoms with Gasteiger partial charge in [-0.1, -0.05) is 13.8 Å². The first-order chi connectivity index (χ1) is 13.7. The van der Waals surface area contributed by atoms with E-state index in [9.17, 15) is 23.3 Å². The van der Waals surface area contributed by atoms with Crippen LogP contribution in [0, 0.1) is 16.0 Å². The van der Waals surface area contributed by atoms with Gasteiger partial charge in [-0.05, 0) is 41.9 Å². The van der Waals surface area contributed by atoms with Crippen LogP contribution < -0.4 is 0 Å². The van der Waals surface area contributed by atoms with E-state index in [0.717, 1.165) is 29.5 Å². The van der Waals surface area contributed by atoms with Gasteiger partial charge in [0.2, 0.25) is 0 Å². The monoisotopic (exact) mass is 423 g/mol. The van der Waals surface area contributed by atoms with Crippen LogP contribution in [0.15, 0.2) is 52.8 Å². The van der Waals surface area contributed by atoms with Crippen LogP contribution in [0.4, 0.5) is 18.9 Å². The number of benzene rings is 1. The van der Waals surface area contributed by atoms with E-state index in [0.29, 0.717) is 23.6 Å². The van der Waals surface area contributed by atoms with Gasteiger partial charge in [0.05, 0.1) is 15.4 Å². The molecule has 0 saturated heterocycles. The second-order valence-electron chi connectivity index (χ2n) is 6.59. The summed E-state index contributed by atoms with van der Waals surface area (Å²) in [6.45, 7) is 4.51. The third kappa shape index (κ3) is 4.73. The molecule has 3 aromatic rings. The Morgan fingerprint density at radius 2 is 1.86 bits per heavy atom. The van der Waals surface area contributed by atoms with E-state index in [-0.39, 0.29) is 10.8 Å². The largest absolute Gasteiger partial charge is 0.416 e. The highest BCUT2D eigenvalue weighted by Gasteiger charge is 2.33. The van der Waals surface area contributed by atoms with Crippen LogP contribution in [0.2, 0.25) is 0 Å². The van der Waals surface area contributed by atoms with Gasteiger partial charge in [0.25, 0.3) is 5.69 Å². The first-order valence-electron chi connectivity index (χ1n) is 8.54. The van der Waals surface area contributed by atoms with Crippen LogP contribution in [0.3, 0.4) is 0 Å². The molecule has 0 fully saturated rings. The Morgan fingerprint density at radius 3 is 2.45 bits per heavy atom. The smallest absolute Gasteiger partial charge is 0.301 e. The average Bonchev–Trinajstić information content (AvgIpc) is 3.03. The Kier molecular flexibility index (Phi) is 5.87. The molecule has 152 valence electrons. The summed E-state index contributed by atoms with van der Waals surface area (Å²) in [7, 11) is 0. The van der Waals surface area contributed by atoms with E-state index >= 15 is 0 Å². The number of rotatable bonds is 6. The van der Waals surface area contributed by atoms with Crippen molar-refractivity contribution in [2.75, 3.05) is 0 Å². The van der Waals surface area contributed by atoms with E-state index in [2.05, 4.69) is 15.2 Å². The molecule has 3 rings (SSSR count). The molecule has 0 amide bonds. The number of alkyl halides is 3. The van der Waals surface area contributed by atoms with Crippen LogP contribution >= 0.6 is 11.8 Å². The SMILES string of the molecule is CC(C)Cn1c(Sc2ccc(C(F)(F)F)cc2[N+](=O)[O-])nnc1-c1ccncc1. The van der Waals surface area contributed by atoms with Crippen molar-refractivity contribution in [3.63, 3.8) is 0 Å². The molecular formula is C18H16F3N5O2S. The van der Waals surface area contributed by atoms with Crippen molar-refractivity contribution in [1.29, 1.82) is 0 Å². The van der Waals surface area contributed by atoms with Crippen molar-refractivity contribution in [2.45, 2.75) is 36.6 Å². The molecule has 0 saturated carbocycles. The minimum Gasteiger partial charge on any atom is -0.301 e. The number of hydrogen-bond acceptors (Lipinski definition) is 6. The van der Waals surface area contributed by atoms with Gasteiger partial charge in [-0.3, -0.25) is 15.1 Å². The lowest BCUT2D eigenvalue weighted by molar-refractivity contribution is -0.388. The second kappa shape index (κ2) is 8.19. The molecule has 0 unspecified atom stereocenters. The lowest BCUT2D eigenvalue weighted by Crippen LogP contribution is -2.08. The lowest BCUT2D eigenvalue weighted by Gasteiger charge is -2.13. The topological polar surface area (TPSA) is 86.7 Å². The molecule has 11 heteroatoms. The first kappa shape index (κ1) is 20.8. The Hall–Kier alpha value is -2.95. The molecule has 2 heterocycles. The Bertz CT molecular complexity index is 1020. The van der Waals surface area contributed by atoms with Gasteiger partial charge in [-0.15, -0.1) is 10.2 Å². The molecule has 0 bridgehead atoms. The predicted molar refractivity (Wildman–Crippen MR) is 100 cm³/mol. The van der Waals surface area contributed by atoms with Crippen molar-refractivity contribution in [1.82, 2.24) is 19.7 Å². The molecule has 1 aromatic carbocycles. The molecule has 0 aliphatic heterocycles. The standard InChI is InChI=1S/C18H16F3N5O2S/c1-11(2)10-25-16(12-5-7-22-8-6-12)23-24-17(25)29-15-4-3-13(18(19,20)21)9-14(15)26(27)28/h3-9,11H,10H2,1-2H3. The van der Waals surface area contributed by atoms with Crippen LogP contribution in [-0.2, 0) is 12.7 Å². The van der Waals surface area contributed by atoms with Gasteiger partial charge in [0, 0.05) is 30.6 Å². The summed E-state index contributed by atoms with van der Waals surface area (Å²) in [5.41, 5.74) is -0.939. The first-order valence-corrected chi connectivity index (χ1v) is 9.35. The van der Waals surface area contributed by atoms with Gasteiger partial charge >= 0.3 is 6.18 Å². The minimum atomic E-state index is -4.67.